The maximum Gasteiger partial charge on any atom is 0.234 e. The molecule has 0 aromatic heterocycles. The van der Waals surface area contributed by atoms with Crippen LogP contribution in [0, 0.1) is 17.8 Å². The zero-order chi connectivity index (χ0) is 15.0. The molecular formula is C16H19ClN2O2. The summed E-state index contributed by atoms with van der Waals surface area (Å²) >= 11 is 5.93. The zero-order valence-corrected chi connectivity index (χ0v) is 12.8. The van der Waals surface area contributed by atoms with Gasteiger partial charge in [0.1, 0.15) is 0 Å². The zero-order valence-electron chi connectivity index (χ0n) is 12.0. The van der Waals surface area contributed by atoms with Crippen LogP contribution in [-0.2, 0) is 9.59 Å². The topological polar surface area (TPSA) is 49.4 Å². The Labute approximate surface area is 129 Å². The first-order valence-electron chi connectivity index (χ1n) is 7.41. The van der Waals surface area contributed by atoms with Gasteiger partial charge in [0.15, 0.2) is 0 Å². The number of anilines is 1. The molecule has 4 nitrogen and oxygen atoms in total. The van der Waals surface area contributed by atoms with Crippen LogP contribution in [0.25, 0.3) is 0 Å². The van der Waals surface area contributed by atoms with Crippen molar-refractivity contribution in [3.8, 4) is 0 Å². The number of imide groups is 1. The average molecular weight is 307 g/mol. The Kier molecular flexibility index (Phi) is 3.89. The Morgan fingerprint density at radius 3 is 2.76 bits per heavy atom. The van der Waals surface area contributed by atoms with E-state index in [1.165, 1.54) is 4.90 Å². The van der Waals surface area contributed by atoms with Crippen molar-refractivity contribution in [3.05, 3.63) is 29.3 Å². The molecular weight excluding hydrogens is 288 g/mol. The molecule has 0 radical (unpaired) electrons. The highest BCUT2D eigenvalue weighted by molar-refractivity contribution is 6.30. The van der Waals surface area contributed by atoms with Crippen molar-refractivity contribution >= 4 is 29.1 Å². The third-order valence-corrected chi connectivity index (χ3v) is 4.78. The molecule has 0 unspecified atom stereocenters. The summed E-state index contributed by atoms with van der Waals surface area (Å²) in [6, 6.07) is 7.27. The van der Waals surface area contributed by atoms with Gasteiger partial charge in [-0.15, -0.1) is 0 Å². The SMILES string of the molecule is C[C@@H]1CC[C@@H]2C(=O)N(CNc3cccc(Cl)c3)C(=O)[C@H]2C1. The van der Waals surface area contributed by atoms with Crippen LogP contribution in [0.15, 0.2) is 24.3 Å². The van der Waals surface area contributed by atoms with Gasteiger partial charge in [-0.3, -0.25) is 14.5 Å². The molecule has 0 bridgehead atoms. The van der Waals surface area contributed by atoms with E-state index < -0.39 is 0 Å². The maximum absolute atomic E-state index is 12.4. The van der Waals surface area contributed by atoms with Gasteiger partial charge in [0, 0.05) is 10.7 Å². The first-order chi connectivity index (χ1) is 10.1. The standard InChI is InChI=1S/C16H19ClN2O2/c1-10-5-6-13-14(7-10)16(21)19(15(13)20)9-18-12-4-2-3-11(17)8-12/h2-4,8,10,13-14,18H,5-7,9H2,1H3/t10-,13+,14+/m1/s1. The molecule has 0 spiro atoms. The van der Waals surface area contributed by atoms with Crippen molar-refractivity contribution in [1.29, 1.82) is 0 Å². The van der Waals surface area contributed by atoms with Crippen molar-refractivity contribution in [3.63, 3.8) is 0 Å². The van der Waals surface area contributed by atoms with E-state index in [-0.39, 0.29) is 30.3 Å². The molecule has 2 amide bonds. The minimum Gasteiger partial charge on any atom is -0.367 e. The summed E-state index contributed by atoms with van der Waals surface area (Å²) in [6.45, 7) is 2.38. The Balaban J connectivity index is 1.68. The van der Waals surface area contributed by atoms with Crippen LogP contribution in [0.2, 0.25) is 5.02 Å². The molecule has 1 aliphatic heterocycles. The van der Waals surface area contributed by atoms with Gasteiger partial charge in [-0.2, -0.15) is 0 Å². The number of hydrogen-bond donors (Lipinski definition) is 1. The van der Waals surface area contributed by atoms with Crippen LogP contribution < -0.4 is 5.32 Å². The molecule has 1 aromatic rings. The van der Waals surface area contributed by atoms with Crippen LogP contribution in [-0.4, -0.2) is 23.4 Å². The Morgan fingerprint density at radius 1 is 1.24 bits per heavy atom. The van der Waals surface area contributed by atoms with Crippen molar-refractivity contribution in [2.45, 2.75) is 26.2 Å². The van der Waals surface area contributed by atoms with Gasteiger partial charge >= 0.3 is 0 Å². The normalized spacial score (nSPS) is 28.7. The number of fused-ring (bicyclic) bond motifs is 1. The number of halogens is 1. The minimum absolute atomic E-state index is 0.0218. The number of nitrogens with one attached hydrogen (secondary N) is 1. The second-order valence-electron chi connectivity index (χ2n) is 6.08. The lowest BCUT2D eigenvalue weighted by Gasteiger charge is -2.25. The monoisotopic (exact) mass is 306 g/mol. The van der Waals surface area contributed by atoms with Gasteiger partial charge in [-0.25, -0.2) is 0 Å². The third-order valence-electron chi connectivity index (χ3n) is 4.54. The molecule has 2 aliphatic rings. The maximum atomic E-state index is 12.4. The van der Waals surface area contributed by atoms with Crippen LogP contribution in [0.4, 0.5) is 5.69 Å². The Hall–Kier alpha value is -1.55. The van der Waals surface area contributed by atoms with Crippen molar-refractivity contribution < 1.29 is 9.59 Å². The number of carbonyl (C=O) groups excluding carboxylic acids is 2. The summed E-state index contributed by atoms with van der Waals surface area (Å²) in [5, 5.41) is 3.74. The lowest BCUT2D eigenvalue weighted by atomic mass is 9.76. The van der Waals surface area contributed by atoms with E-state index in [2.05, 4.69) is 12.2 Å². The van der Waals surface area contributed by atoms with Crippen LogP contribution in [0.3, 0.4) is 0 Å². The summed E-state index contributed by atoms with van der Waals surface area (Å²) < 4.78 is 0. The fourth-order valence-electron chi connectivity index (χ4n) is 3.38. The molecule has 3 rings (SSSR count). The Morgan fingerprint density at radius 2 is 2.00 bits per heavy atom. The molecule has 21 heavy (non-hydrogen) atoms. The molecule has 3 atom stereocenters. The highest BCUT2D eigenvalue weighted by Gasteiger charge is 2.49. The van der Waals surface area contributed by atoms with E-state index in [0.29, 0.717) is 10.9 Å². The molecule has 1 saturated heterocycles. The fraction of sp³-hybridized carbons (Fsp3) is 0.500. The van der Waals surface area contributed by atoms with Crippen molar-refractivity contribution in [1.82, 2.24) is 4.90 Å². The number of likely N-dealkylation sites (tertiary alicyclic amines) is 1. The second-order valence-corrected chi connectivity index (χ2v) is 6.52. The van der Waals surface area contributed by atoms with E-state index >= 15 is 0 Å². The number of benzene rings is 1. The number of rotatable bonds is 3. The second kappa shape index (κ2) is 5.68. The van der Waals surface area contributed by atoms with Gasteiger partial charge in [-0.1, -0.05) is 24.6 Å². The van der Waals surface area contributed by atoms with Gasteiger partial charge in [0.05, 0.1) is 18.5 Å². The smallest absolute Gasteiger partial charge is 0.234 e. The van der Waals surface area contributed by atoms with Crippen LogP contribution in [0.1, 0.15) is 26.2 Å². The fourth-order valence-corrected chi connectivity index (χ4v) is 3.57. The Bertz CT molecular complexity index is 575. The first-order valence-corrected chi connectivity index (χ1v) is 7.78. The predicted octanol–water partition coefficient (Wildman–Crippen LogP) is 3.13. The van der Waals surface area contributed by atoms with Crippen LogP contribution >= 0.6 is 11.6 Å². The number of amides is 2. The predicted molar refractivity (Wildman–Crippen MR) is 81.8 cm³/mol. The van der Waals surface area contributed by atoms with Gasteiger partial charge in [0.25, 0.3) is 0 Å². The van der Waals surface area contributed by atoms with Crippen molar-refractivity contribution in [2.24, 2.45) is 17.8 Å². The largest absolute Gasteiger partial charge is 0.367 e. The van der Waals surface area contributed by atoms with E-state index in [9.17, 15) is 9.59 Å². The molecule has 1 aliphatic carbocycles. The summed E-state index contributed by atoms with van der Waals surface area (Å²) in [6.07, 6.45) is 2.71. The lowest BCUT2D eigenvalue weighted by Crippen LogP contribution is -2.35. The molecule has 2 fully saturated rings. The summed E-state index contributed by atoms with van der Waals surface area (Å²) in [5.41, 5.74) is 0.811. The van der Waals surface area contributed by atoms with Gasteiger partial charge in [0.2, 0.25) is 11.8 Å². The summed E-state index contributed by atoms with van der Waals surface area (Å²) in [7, 11) is 0. The van der Waals surface area contributed by atoms with Gasteiger partial charge < -0.3 is 5.32 Å². The first kappa shape index (κ1) is 14.4. The lowest BCUT2D eigenvalue weighted by molar-refractivity contribution is -0.139. The molecule has 1 saturated carbocycles. The molecule has 1 aromatic carbocycles. The van der Waals surface area contributed by atoms with Crippen LogP contribution in [0.5, 0.6) is 0 Å². The average Bonchev–Trinajstić information content (AvgIpc) is 2.69. The highest BCUT2D eigenvalue weighted by Crippen LogP contribution is 2.40. The number of carbonyl (C=O) groups is 2. The van der Waals surface area contributed by atoms with E-state index in [1.807, 2.05) is 12.1 Å². The molecule has 1 heterocycles. The minimum atomic E-state index is -0.109. The van der Waals surface area contributed by atoms with E-state index in [0.717, 1.165) is 24.9 Å². The summed E-state index contributed by atoms with van der Waals surface area (Å²) in [4.78, 5) is 26.2. The molecule has 1 N–H and O–H groups in total. The number of hydrogen-bond acceptors (Lipinski definition) is 3. The van der Waals surface area contributed by atoms with E-state index in [1.54, 1.807) is 12.1 Å². The highest BCUT2D eigenvalue weighted by atomic mass is 35.5. The molecule has 5 heteroatoms. The number of nitrogens with zero attached hydrogens (tertiary/aromatic N) is 1. The molecule has 112 valence electrons. The quantitative estimate of drug-likeness (QED) is 0.873. The third kappa shape index (κ3) is 2.77. The summed E-state index contributed by atoms with van der Waals surface area (Å²) in [5.74, 6) is 0.276. The van der Waals surface area contributed by atoms with E-state index in [4.69, 9.17) is 11.6 Å². The van der Waals surface area contributed by atoms with Gasteiger partial charge in [-0.05, 0) is 43.4 Å². The van der Waals surface area contributed by atoms with Crippen molar-refractivity contribution in [2.75, 3.05) is 12.0 Å².